The third-order valence-electron chi connectivity index (χ3n) is 2.96. The lowest BCUT2D eigenvalue weighted by molar-refractivity contribution is -0.139. The van der Waals surface area contributed by atoms with Gasteiger partial charge in [-0.3, -0.25) is 0 Å². The minimum absolute atomic E-state index is 0.311. The lowest BCUT2D eigenvalue weighted by Gasteiger charge is -2.24. The molecular formula is C15H21F3N2O4. The molecular weight excluding hydrogens is 329 g/mol. The number of ether oxygens (including phenoxy) is 1. The van der Waals surface area contributed by atoms with E-state index >= 15 is 0 Å². The van der Waals surface area contributed by atoms with Gasteiger partial charge in [-0.15, -0.1) is 0 Å². The third kappa shape index (κ3) is 5.57. The lowest BCUT2D eigenvalue weighted by Crippen LogP contribution is -2.39. The number of halogens is 3. The maximum Gasteiger partial charge on any atom is 0.416 e. The van der Waals surface area contributed by atoms with Crippen LogP contribution in [0.25, 0.3) is 0 Å². The van der Waals surface area contributed by atoms with Gasteiger partial charge in [-0.2, -0.15) is 13.2 Å². The van der Waals surface area contributed by atoms with Gasteiger partial charge in [0.2, 0.25) is 0 Å². The smallest absolute Gasteiger partial charge is 0.416 e. The van der Waals surface area contributed by atoms with Crippen molar-refractivity contribution in [3.8, 4) is 0 Å². The van der Waals surface area contributed by atoms with Gasteiger partial charge in [0.1, 0.15) is 17.8 Å². The van der Waals surface area contributed by atoms with Crippen LogP contribution in [0.15, 0.2) is 18.2 Å². The first kappa shape index (κ1) is 20.0. The zero-order chi connectivity index (χ0) is 18.7. The molecule has 2 atom stereocenters. The molecule has 0 saturated heterocycles. The maximum atomic E-state index is 13.0. The molecule has 2 unspecified atom stereocenters. The predicted molar refractivity (Wildman–Crippen MR) is 81.1 cm³/mol. The molecule has 9 heteroatoms. The number of benzene rings is 1. The van der Waals surface area contributed by atoms with Crippen LogP contribution < -0.4 is 11.1 Å². The molecule has 0 saturated carbocycles. The summed E-state index contributed by atoms with van der Waals surface area (Å²) in [4.78, 5) is 11.5. The monoisotopic (exact) mass is 350 g/mol. The number of carbonyl (C=O) groups is 1. The molecule has 1 aromatic carbocycles. The average Bonchev–Trinajstić information content (AvgIpc) is 2.41. The first-order valence-electron chi connectivity index (χ1n) is 7.11. The molecule has 1 rings (SSSR count). The fourth-order valence-electron chi connectivity index (χ4n) is 1.97. The number of aliphatic hydroxyl groups is 2. The first-order chi connectivity index (χ1) is 10.8. The van der Waals surface area contributed by atoms with Crippen molar-refractivity contribution in [1.29, 1.82) is 0 Å². The molecule has 0 aromatic heterocycles. The second-order valence-electron chi connectivity index (χ2n) is 6.20. The van der Waals surface area contributed by atoms with Crippen molar-refractivity contribution in [2.75, 3.05) is 12.3 Å². The number of hydrogen-bond donors (Lipinski definition) is 4. The molecule has 0 fully saturated rings. The molecule has 0 aliphatic heterocycles. The molecule has 0 spiro atoms. The second-order valence-corrected chi connectivity index (χ2v) is 6.20. The highest BCUT2D eigenvalue weighted by Crippen LogP contribution is 2.38. The summed E-state index contributed by atoms with van der Waals surface area (Å²) in [6.07, 6.45) is -9.25. The van der Waals surface area contributed by atoms with Crippen LogP contribution in [-0.2, 0) is 10.9 Å². The predicted octanol–water partition coefficient (Wildman–Crippen LogP) is 2.21. The van der Waals surface area contributed by atoms with Crippen molar-refractivity contribution in [1.82, 2.24) is 5.32 Å². The summed E-state index contributed by atoms with van der Waals surface area (Å²) in [7, 11) is 0. The fourth-order valence-corrected chi connectivity index (χ4v) is 1.97. The van der Waals surface area contributed by atoms with Gasteiger partial charge in [0, 0.05) is 17.8 Å². The average molecular weight is 350 g/mol. The van der Waals surface area contributed by atoms with Crippen LogP contribution in [0, 0.1) is 0 Å². The quantitative estimate of drug-likeness (QED) is 0.623. The van der Waals surface area contributed by atoms with Gasteiger partial charge in [-0.05, 0) is 32.9 Å². The van der Waals surface area contributed by atoms with Crippen molar-refractivity contribution in [3.63, 3.8) is 0 Å². The highest BCUT2D eigenvalue weighted by molar-refractivity contribution is 5.67. The number of alkyl halides is 3. The number of carbonyl (C=O) groups excluding carboxylic acids is 1. The first-order valence-corrected chi connectivity index (χ1v) is 7.11. The van der Waals surface area contributed by atoms with E-state index in [0.29, 0.717) is 0 Å². The van der Waals surface area contributed by atoms with Crippen LogP contribution in [0.4, 0.5) is 23.7 Å². The van der Waals surface area contributed by atoms with E-state index in [4.69, 9.17) is 10.5 Å². The number of nitrogen functional groups attached to an aromatic ring is 1. The summed E-state index contributed by atoms with van der Waals surface area (Å²) >= 11 is 0. The van der Waals surface area contributed by atoms with E-state index in [1.54, 1.807) is 20.8 Å². The standard InChI is InChI=1S/C15H21F3N2O4/c1-14(2,3)24-13(23)20-7-10(21)12(22)11-8(15(16,17)18)5-4-6-9(11)19/h4-6,10,12,21-22H,7,19H2,1-3H3,(H,20,23). The topological polar surface area (TPSA) is 105 Å². The van der Waals surface area contributed by atoms with Crippen LogP contribution in [0.1, 0.15) is 38.0 Å². The summed E-state index contributed by atoms with van der Waals surface area (Å²) in [6.45, 7) is 4.36. The van der Waals surface area contributed by atoms with E-state index in [1.807, 2.05) is 0 Å². The van der Waals surface area contributed by atoms with Crippen LogP contribution in [-0.4, -0.2) is 34.6 Å². The number of rotatable bonds is 4. The third-order valence-corrected chi connectivity index (χ3v) is 2.96. The van der Waals surface area contributed by atoms with Crippen molar-refractivity contribution in [2.24, 2.45) is 0 Å². The van der Waals surface area contributed by atoms with Gasteiger partial charge >= 0.3 is 12.3 Å². The van der Waals surface area contributed by atoms with Crippen LogP contribution >= 0.6 is 0 Å². The van der Waals surface area contributed by atoms with E-state index in [2.05, 4.69) is 5.32 Å². The number of alkyl carbamates (subject to hydrolysis) is 1. The number of nitrogens with two attached hydrogens (primary N) is 1. The van der Waals surface area contributed by atoms with Crippen LogP contribution in [0.3, 0.4) is 0 Å². The Bertz CT molecular complexity index is 585. The molecule has 136 valence electrons. The Hall–Kier alpha value is -2.00. The zero-order valence-corrected chi connectivity index (χ0v) is 13.5. The number of aliphatic hydroxyl groups excluding tert-OH is 2. The second kappa shape index (κ2) is 7.27. The Morgan fingerprint density at radius 1 is 1.29 bits per heavy atom. The van der Waals surface area contributed by atoms with E-state index in [0.717, 1.165) is 12.1 Å². The van der Waals surface area contributed by atoms with Crippen molar-refractivity contribution >= 4 is 11.8 Å². The molecule has 0 heterocycles. The molecule has 5 N–H and O–H groups in total. The number of anilines is 1. The van der Waals surface area contributed by atoms with E-state index < -0.39 is 47.8 Å². The Morgan fingerprint density at radius 3 is 2.38 bits per heavy atom. The summed E-state index contributed by atoms with van der Waals surface area (Å²) < 4.78 is 44.0. The van der Waals surface area contributed by atoms with Crippen LogP contribution in [0.5, 0.6) is 0 Å². The molecule has 0 aliphatic rings. The van der Waals surface area contributed by atoms with E-state index in [-0.39, 0.29) is 5.69 Å². The fraction of sp³-hybridized carbons (Fsp3) is 0.533. The van der Waals surface area contributed by atoms with E-state index in [9.17, 15) is 28.2 Å². The van der Waals surface area contributed by atoms with Crippen molar-refractivity contribution in [2.45, 2.75) is 44.8 Å². The minimum Gasteiger partial charge on any atom is -0.444 e. The van der Waals surface area contributed by atoms with Gasteiger partial charge < -0.3 is 26.0 Å². The number of hydrogen-bond acceptors (Lipinski definition) is 5. The Balaban J connectivity index is 2.87. The summed E-state index contributed by atoms with van der Waals surface area (Å²) in [5.74, 6) is 0. The zero-order valence-electron chi connectivity index (χ0n) is 13.5. The largest absolute Gasteiger partial charge is 0.444 e. The molecule has 24 heavy (non-hydrogen) atoms. The summed E-state index contributed by atoms with van der Waals surface area (Å²) in [5.41, 5.74) is 2.64. The Labute approximate surface area is 137 Å². The van der Waals surface area contributed by atoms with Crippen LogP contribution in [0.2, 0.25) is 0 Å². The molecule has 0 aliphatic carbocycles. The van der Waals surface area contributed by atoms with Gasteiger partial charge in [0.05, 0.1) is 5.56 Å². The van der Waals surface area contributed by atoms with Gasteiger partial charge in [-0.1, -0.05) is 6.07 Å². The minimum atomic E-state index is -4.75. The van der Waals surface area contributed by atoms with Crippen molar-refractivity contribution < 1.29 is 32.9 Å². The molecule has 6 nitrogen and oxygen atoms in total. The molecule has 1 aromatic rings. The van der Waals surface area contributed by atoms with Gasteiger partial charge in [0.15, 0.2) is 0 Å². The molecule has 0 bridgehead atoms. The highest BCUT2D eigenvalue weighted by atomic mass is 19.4. The number of amides is 1. The van der Waals surface area contributed by atoms with Gasteiger partial charge in [-0.25, -0.2) is 4.79 Å². The molecule has 1 amide bonds. The van der Waals surface area contributed by atoms with Crippen molar-refractivity contribution in [3.05, 3.63) is 29.3 Å². The highest BCUT2D eigenvalue weighted by Gasteiger charge is 2.37. The maximum absolute atomic E-state index is 13.0. The Morgan fingerprint density at radius 2 is 1.88 bits per heavy atom. The summed E-state index contributed by atoms with van der Waals surface area (Å²) in [5, 5.41) is 22.1. The van der Waals surface area contributed by atoms with E-state index in [1.165, 1.54) is 6.07 Å². The number of nitrogens with one attached hydrogen (secondary N) is 1. The summed E-state index contributed by atoms with van der Waals surface area (Å²) in [6, 6.07) is 3.03. The molecule has 0 radical (unpaired) electrons. The normalized spacial score (nSPS) is 14.8. The lowest BCUT2D eigenvalue weighted by atomic mass is 9.96. The SMILES string of the molecule is CC(C)(C)OC(=O)NCC(O)C(O)c1c(N)cccc1C(F)(F)F. The van der Waals surface area contributed by atoms with Gasteiger partial charge in [0.25, 0.3) is 0 Å². The Kier molecular flexibility index (Phi) is 6.07.